The first-order chi connectivity index (χ1) is 9.08. The van der Waals surface area contributed by atoms with Gasteiger partial charge in [0.25, 0.3) is 0 Å². The highest BCUT2D eigenvalue weighted by Gasteiger charge is 2.16. The summed E-state index contributed by atoms with van der Waals surface area (Å²) in [7, 11) is 0. The average molecular weight is 261 g/mol. The lowest BCUT2D eigenvalue weighted by Gasteiger charge is -2.11. The van der Waals surface area contributed by atoms with Crippen LogP contribution in [0.5, 0.6) is 5.75 Å². The number of phenolic OH excluding ortho intramolecular Hbond substituents is 1. The molecule has 5 heteroatoms. The number of ether oxygens (including phenoxy) is 1. The van der Waals surface area contributed by atoms with E-state index in [1.165, 1.54) is 24.4 Å². The van der Waals surface area contributed by atoms with Crippen LogP contribution in [0.4, 0.5) is 0 Å². The average Bonchev–Trinajstić information content (AvgIpc) is 2.39. The van der Waals surface area contributed by atoms with Crippen molar-refractivity contribution in [1.29, 1.82) is 0 Å². The predicted octanol–water partition coefficient (Wildman–Crippen LogP) is 1.90. The van der Waals surface area contributed by atoms with Crippen LogP contribution >= 0.6 is 0 Å². The number of benzene rings is 1. The smallest absolute Gasteiger partial charge is 0.343 e. The lowest BCUT2D eigenvalue weighted by Crippen LogP contribution is -2.20. The molecule has 0 radical (unpaired) electrons. The Morgan fingerprint density at radius 2 is 2.11 bits per heavy atom. The largest absolute Gasteiger partial charge is 0.508 e. The highest BCUT2D eigenvalue weighted by atomic mass is 16.5. The summed E-state index contributed by atoms with van der Waals surface area (Å²) in [4.78, 5) is 24.0. The van der Waals surface area contributed by atoms with Crippen molar-refractivity contribution in [3.05, 3.63) is 40.2 Å². The van der Waals surface area contributed by atoms with Crippen molar-refractivity contribution in [3.8, 4) is 5.75 Å². The van der Waals surface area contributed by atoms with Crippen molar-refractivity contribution in [2.45, 2.75) is 20.4 Å². The Bertz CT molecular complexity index is 688. The van der Waals surface area contributed by atoms with Gasteiger partial charge in [-0.25, -0.2) is 4.79 Å². The van der Waals surface area contributed by atoms with E-state index in [1.807, 2.05) is 6.92 Å². The molecule has 1 aromatic heterocycles. The minimum absolute atomic E-state index is 0.0156. The summed E-state index contributed by atoms with van der Waals surface area (Å²) in [5, 5.41) is 9.89. The SMILES string of the molecule is CCOC(=O)c1cn(CC)c2cc(O)ccc2c1=O. The van der Waals surface area contributed by atoms with Crippen LogP contribution in [0.3, 0.4) is 0 Å². The maximum absolute atomic E-state index is 12.2. The van der Waals surface area contributed by atoms with Crippen molar-refractivity contribution < 1.29 is 14.6 Å². The second-order valence-corrected chi connectivity index (χ2v) is 4.08. The van der Waals surface area contributed by atoms with Gasteiger partial charge in [-0.1, -0.05) is 0 Å². The van der Waals surface area contributed by atoms with Crippen LogP contribution in [-0.4, -0.2) is 22.2 Å². The highest BCUT2D eigenvalue weighted by Crippen LogP contribution is 2.18. The Morgan fingerprint density at radius 1 is 1.37 bits per heavy atom. The van der Waals surface area contributed by atoms with Crippen molar-refractivity contribution in [3.63, 3.8) is 0 Å². The molecule has 100 valence electrons. The van der Waals surface area contributed by atoms with E-state index < -0.39 is 5.97 Å². The normalized spacial score (nSPS) is 10.6. The number of hydrogen-bond acceptors (Lipinski definition) is 4. The first kappa shape index (κ1) is 13.1. The van der Waals surface area contributed by atoms with Crippen molar-refractivity contribution in [2.24, 2.45) is 0 Å². The highest BCUT2D eigenvalue weighted by molar-refractivity contribution is 5.94. The molecule has 0 saturated carbocycles. The lowest BCUT2D eigenvalue weighted by atomic mass is 10.1. The number of aromatic nitrogens is 1. The molecule has 0 unspecified atom stereocenters. The Labute approximate surface area is 110 Å². The molecule has 2 aromatic rings. The number of pyridine rings is 1. The molecule has 1 aromatic carbocycles. The fraction of sp³-hybridized carbons (Fsp3) is 0.286. The molecule has 0 fully saturated rings. The molecule has 1 heterocycles. The Balaban J connectivity index is 2.76. The predicted molar refractivity (Wildman–Crippen MR) is 71.5 cm³/mol. The van der Waals surface area contributed by atoms with Gasteiger partial charge >= 0.3 is 5.97 Å². The number of hydrogen-bond donors (Lipinski definition) is 1. The van der Waals surface area contributed by atoms with Gasteiger partial charge in [0.1, 0.15) is 11.3 Å². The fourth-order valence-electron chi connectivity index (χ4n) is 1.99. The standard InChI is InChI=1S/C14H15NO4/c1-3-15-8-11(14(18)19-4-2)13(17)10-6-5-9(16)7-12(10)15/h5-8,16H,3-4H2,1-2H3. The minimum atomic E-state index is -0.621. The Kier molecular flexibility index (Phi) is 3.55. The minimum Gasteiger partial charge on any atom is -0.508 e. The second kappa shape index (κ2) is 5.14. The van der Waals surface area contributed by atoms with Gasteiger partial charge in [-0.05, 0) is 26.0 Å². The maximum Gasteiger partial charge on any atom is 0.343 e. The van der Waals surface area contributed by atoms with E-state index in [9.17, 15) is 14.7 Å². The number of carbonyl (C=O) groups excluding carboxylic acids is 1. The number of carbonyl (C=O) groups is 1. The molecular formula is C14H15NO4. The van der Waals surface area contributed by atoms with Gasteiger partial charge in [-0.3, -0.25) is 4.79 Å². The molecular weight excluding hydrogens is 246 g/mol. The van der Waals surface area contributed by atoms with Gasteiger partial charge in [0.15, 0.2) is 0 Å². The number of nitrogens with zero attached hydrogens (tertiary/aromatic N) is 1. The molecule has 5 nitrogen and oxygen atoms in total. The third-order valence-corrected chi connectivity index (χ3v) is 2.90. The fourth-order valence-corrected chi connectivity index (χ4v) is 1.99. The van der Waals surface area contributed by atoms with Crippen LogP contribution in [0, 0.1) is 0 Å². The molecule has 19 heavy (non-hydrogen) atoms. The van der Waals surface area contributed by atoms with E-state index in [1.54, 1.807) is 11.5 Å². The third-order valence-electron chi connectivity index (χ3n) is 2.90. The summed E-state index contributed by atoms with van der Waals surface area (Å²) < 4.78 is 6.62. The topological polar surface area (TPSA) is 68.5 Å². The van der Waals surface area contributed by atoms with Crippen molar-refractivity contribution in [1.82, 2.24) is 4.57 Å². The van der Waals surface area contributed by atoms with Crippen LogP contribution in [0.15, 0.2) is 29.2 Å². The molecule has 0 spiro atoms. The van der Waals surface area contributed by atoms with E-state index in [4.69, 9.17) is 4.74 Å². The van der Waals surface area contributed by atoms with E-state index in [0.717, 1.165) is 0 Å². The number of esters is 1. The van der Waals surface area contributed by atoms with E-state index in [-0.39, 0.29) is 23.3 Å². The van der Waals surface area contributed by atoms with Gasteiger partial charge in [-0.15, -0.1) is 0 Å². The lowest BCUT2D eigenvalue weighted by molar-refractivity contribution is 0.0524. The summed E-state index contributed by atoms with van der Waals surface area (Å²) in [6.45, 7) is 4.38. The quantitative estimate of drug-likeness (QED) is 0.857. The zero-order valence-corrected chi connectivity index (χ0v) is 10.8. The van der Waals surface area contributed by atoms with Gasteiger partial charge in [0.2, 0.25) is 5.43 Å². The summed E-state index contributed by atoms with van der Waals surface area (Å²) in [5.41, 5.74) is 0.237. The van der Waals surface area contributed by atoms with E-state index >= 15 is 0 Å². The van der Waals surface area contributed by atoms with Gasteiger partial charge in [0.05, 0.1) is 12.1 Å². The third kappa shape index (κ3) is 2.31. The molecule has 0 amide bonds. The molecule has 0 atom stereocenters. The summed E-state index contributed by atoms with van der Waals surface area (Å²) >= 11 is 0. The zero-order chi connectivity index (χ0) is 14.0. The number of aromatic hydroxyl groups is 1. The molecule has 0 bridgehead atoms. The molecule has 2 rings (SSSR count). The van der Waals surface area contributed by atoms with Crippen LogP contribution in [0.2, 0.25) is 0 Å². The summed E-state index contributed by atoms with van der Waals surface area (Å²) in [5.74, 6) is -0.539. The Morgan fingerprint density at radius 3 is 2.74 bits per heavy atom. The first-order valence-electron chi connectivity index (χ1n) is 6.11. The van der Waals surface area contributed by atoms with Crippen molar-refractivity contribution in [2.75, 3.05) is 6.61 Å². The van der Waals surface area contributed by atoms with E-state index in [2.05, 4.69) is 0 Å². The summed E-state index contributed by atoms with van der Waals surface area (Å²) in [6, 6.07) is 4.45. The Hall–Kier alpha value is -2.30. The van der Waals surface area contributed by atoms with Crippen LogP contribution in [0.25, 0.3) is 10.9 Å². The number of aryl methyl sites for hydroxylation is 1. The van der Waals surface area contributed by atoms with Crippen LogP contribution < -0.4 is 5.43 Å². The number of phenols is 1. The first-order valence-corrected chi connectivity index (χ1v) is 6.11. The van der Waals surface area contributed by atoms with Crippen LogP contribution in [0.1, 0.15) is 24.2 Å². The maximum atomic E-state index is 12.2. The molecule has 0 saturated heterocycles. The van der Waals surface area contributed by atoms with E-state index in [0.29, 0.717) is 17.4 Å². The van der Waals surface area contributed by atoms with Gasteiger partial charge < -0.3 is 14.4 Å². The van der Waals surface area contributed by atoms with Crippen LogP contribution in [-0.2, 0) is 11.3 Å². The zero-order valence-electron chi connectivity index (χ0n) is 10.8. The van der Waals surface area contributed by atoms with Gasteiger partial charge in [-0.2, -0.15) is 0 Å². The molecule has 0 aliphatic rings. The van der Waals surface area contributed by atoms with Crippen molar-refractivity contribution >= 4 is 16.9 Å². The summed E-state index contributed by atoms with van der Waals surface area (Å²) in [6.07, 6.45) is 1.47. The monoisotopic (exact) mass is 261 g/mol. The number of rotatable bonds is 3. The molecule has 0 aliphatic heterocycles. The molecule has 1 N–H and O–H groups in total. The van der Waals surface area contributed by atoms with Gasteiger partial charge in [0, 0.05) is 24.2 Å². The molecule has 0 aliphatic carbocycles. The number of fused-ring (bicyclic) bond motifs is 1. The second-order valence-electron chi connectivity index (χ2n) is 4.08.